The van der Waals surface area contributed by atoms with Gasteiger partial charge in [0.05, 0.1) is 33.0 Å². The molecule has 0 N–H and O–H groups in total. The fraction of sp³-hybridized carbons (Fsp3) is 0.452. The highest BCUT2D eigenvalue weighted by Gasteiger charge is 2.53. The molecule has 0 saturated carbocycles. The van der Waals surface area contributed by atoms with E-state index in [0.717, 1.165) is 19.3 Å². The first-order valence-corrected chi connectivity index (χ1v) is 16.2. The van der Waals surface area contributed by atoms with Crippen LogP contribution in [-0.4, -0.2) is 32.7 Å². The van der Waals surface area contributed by atoms with E-state index in [9.17, 15) is 4.79 Å². The Hall–Kier alpha value is -2.27. The van der Waals surface area contributed by atoms with Crippen LogP contribution in [0.2, 0.25) is 18.6 Å². The van der Waals surface area contributed by atoms with Crippen LogP contribution in [0.5, 0.6) is 0 Å². The first-order valence-electron chi connectivity index (χ1n) is 13.1. The average molecular weight is 487 g/mol. The summed E-state index contributed by atoms with van der Waals surface area (Å²) < 4.78 is 13.5. The molecule has 3 aliphatic rings. The van der Waals surface area contributed by atoms with Gasteiger partial charge in [0.1, 0.15) is 6.29 Å². The van der Waals surface area contributed by atoms with E-state index in [0.29, 0.717) is 18.1 Å². The second kappa shape index (κ2) is 10.4. The second-order valence-electron chi connectivity index (χ2n) is 11.2. The smallest absolute Gasteiger partial charge is 0.123 e. The number of carbonyl (C=O) groups is 1. The van der Waals surface area contributed by atoms with Crippen molar-refractivity contribution in [2.24, 2.45) is 17.8 Å². The van der Waals surface area contributed by atoms with Crippen LogP contribution in [0.4, 0.5) is 0 Å². The van der Waals surface area contributed by atoms with Crippen molar-refractivity contribution in [1.29, 1.82) is 0 Å². The lowest BCUT2D eigenvalue weighted by atomic mass is 9.68. The van der Waals surface area contributed by atoms with Crippen molar-refractivity contribution in [2.45, 2.75) is 69.7 Å². The van der Waals surface area contributed by atoms with Crippen molar-refractivity contribution in [3.63, 3.8) is 0 Å². The van der Waals surface area contributed by atoms with Crippen LogP contribution in [0, 0.1) is 17.8 Å². The van der Waals surface area contributed by atoms with Crippen LogP contribution in [0.1, 0.15) is 31.7 Å². The lowest BCUT2D eigenvalue weighted by Crippen LogP contribution is -2.47. The van der Waals surface area contributed by atoms with Crippen LogP contribution < -0.4 is 5.19 Å². The van der Waals surface area contributed by atoms with Gasteiger partial charge < -0.3 is 14.3 Å². The van der Waals surface area contributed by atoms with Crippen LogP contribution in [0.3, 0.4) is 0 Å². The summed E-state index contributed by atoms with van der Waals surface area (Å²) in [6, 6.07) is 21.4. The third kappa shape index (κ3) is 4.89. The Morgan fingerprint density at radius 1 is 1.03 bits per heavy atom. The van der Waals surface area contributed by atoms with E-state index in [1.54, 1.807) is 0 Å². The Bertz CT molecular complexity index is 1060. The maximum Gasteiger partial charge on any atom is 0.123 e. The van der Waals surface area contributed by atoms with Gasteiger partial charge in [-0.2, -0.15) is 0 Å². The number of allylic oxidation sites excluding steroid dienone is 2. The van der Waals surface area contributed by atoms with E-state index in [2.05, 4.69) is 92.8 Å². The molecule has 5 rings (SSSR count). The highest BCUT2D eigenvalue weighted by atomic mass is 28.3. The molecule has 0 unspecified atom stereocenters. The lowest BCUT2D eigenvalue weighted by molar-refractivity contribution is -0.117. The molecule has 2 aliphatic heterocycles. The fourth-order valence-electron chi connectivity index (χ4n) is 6.63. The standard InChI is InChI=1S/C31H38O3Si/c1-22-17-18-24(20-32)30-29(22)28-19-26(35(2,3)25-13-8-5-9-14-25)15-10-16-27(31(30)34-28)33-21-23-11-6-4-7-12-23/h4-15,17,20,24,26-31H,16,18-19,21H2,1-3H3/b15-10-/t24-,26-,27+,28-,29-,30-,31+/m1/s1. The first kappa shape index (κ1) is 24.4. The van der Waals surface area contributed by atoms with E-state index in [1.165, 1.54) is 22.6 Å². The number of benzene rings is 2. The van der Waals surface area contributed by atoms with Crippen molar-refractivity contribution in [3.8, 4) is 0 Å². The zero-order valence-electron chi connectivity index (χ0n) is 21.2. The van der Waals surface area contributed by atoms with E-state index in [4.69, 9.17) is 9.47 Å². The van der Waals surface area contributed by atoms with Gasteiger partial charge in [0.25, 0.3) is 0 Å². The first-order chi connectivity index (χ1) is 17.0. The lowest BCUT2D eigenvalue weighted by Gasteiger charge is -2.37. The van der Waals surface area contributed by atoms with E-state index in [-0.39, 0.29) is 30.1 Å². The highest BCUT2D eigenvalue weighted by Crippen LogP contribution is 2.51. The maximum absolute atomic E-state index is 12.2. The molecule has 0 aromatic heterocycles. The molecule has 3 nitrogen and oxygen atoms in total. The number of fused-ring (bicyclic) bond motifs is 5. The van der Waals surface area contributed by atoms with E-state index in [1.807, 2.05) is 6.07 Å². The monoisotopic (exact) mass is 486 g/mol. The minimum atomic E-state index is -1.79. The van der Waals surface area contributed by atoms with Gasteiger partial charge in [0.2, 0.25) is 0 Å². The Morgan fingerprint density at radius 3 is 2.46 bits per heavy atom. The third-order valence-electron chi connectivity index (χ3n) is 8.77. The Labute approximate surface area is 211 Å². The average Bonchev–Trinajstić information content (AvgIpc) is 3.30. The molecule has 0 spiro atoms. The van der Waals surface area contributed by atoms with Gasteiger partial charge in [-0.05, 0) is 37.3 Å². The number of ether oxygens (including phenoxy) is 2. The molecule has 0 amide bonds. The second-order valence-corrected chi connectivity index (χ2v) is 15.9. The van der Waals surface area contributed by atoms with Gasteiger partial charge in [0.15, 0.2) is 0 Å². The zero-order valence-corrected chi connectivity index (χ0v) is 22.2. The molecule has 2 aromatic rings. The summed E-state index contributed by atoms with van der Waals surface area (Å²) in [4.78, 5) is 12.2. The van der Waals surface area contributed by atoms with Crippen LogP contribution in [-0.2, 0) is 20.9 Å². The van der Waals surface area contributed by atoms with Gasteiger partial charge in [-0.15, -0.1) is 0 Å². The van der Waals surface area contributed by atoms with Crippen molar-refractivity contribution in [3.05, 3.63) is 90.0 Å². The van der Waals surface area contributed by atoms with Crippen molar-refractivity contribution in [1.82, 2.24) is 0 Å². The molecular weight excluding hydrogens is 448 g/mol. The normalized spacial score (nSPS) is 33.6. The van der Waals surface area contributed by atoms with Crippen molar-refractivity contribution >= 4 is 19.5 Å². The number of rotatable bonds is 6. The predicted octanol–water partition coefficient (Wildman–Crippen LogP) is 6.07. The summed E-state index contributed by atoms with van der Waals surface area (Å²) in [6.07, 6.45) is 10.9. The minimum absolute atomic E-state index is 0.00256. The molecule has 1 aliphatic carbocycles. The summed E-state index contributed by atoms with van der Waals surface area (Å²) in [5.41, 5.74) is 3.03. The van der Waals surface area contributed by atoms with Gasteiger partial charge in [-0.3, -0.25) is 0 Å². The summed E-state index contributed by atoms with van der Waals surface area (Å²) in [5, 5.41) is 1.48. The minimum Gasteiger partial charge on any atom is -0.371 e. The van der Waals surface area contributed by atoms with Crippen molar-refractivity contribution < 1.29 is 14.3 Å². The largest absolute Gasteiger partial charge is 0.371 e. The van der Waals surface area contributed by atoms with Gasteiger partial charge in [0, 0.05) is 17.8 Å². The quantitative estimate of drug-likeness (QED) is 0.282. The van der Waals surface area contributed by atoms with E-state index >= 15 is 0 Å². The molecule has 4 heteroatoms. The number of hydrogen-bond acceptors (Lipinski definition) is 3. The Morgan fingerprint density at radius 2 is 1.74 bits per heavy atom. The molecule has 7 atom stereocenters. The topological polar surface area (TPSA) is 35.5 Å². The fourth-order valence-corrected chi connectivity index (χ4v) is 9.55. The number of hydrogen-bond donors (Lipinski definition) is 0. The maximum atomic E-state index is 12.2. The molecule has 184 valence electrons. The molecule has 35 heavy (non-hydrogen) atoms. The molecule has 0 radical (unpaired) electrons. The summed E-state index contributed by atoms with van der Waals surface area (Å²) in [7, 11) is -1.79. The molecular formula is C31H38O3Si. The molecule has 2 heterocycles. The highest BCUT2D eigenvalue weighted by molar-refractivity contribution is 6.91. The molecule has 1 saturated heterocycles. The molecule has 1 fully saturated rings. The van der Waals surface area contributed by atoms with Gasteiger partial charge in [-0.25, -0.2) is 0 Å². The predicted molar refractivity (Wildman–Crippen MR) is 144 cm³/mol. The van der Waals surface area contributed by atoms with Gasteiger partial charge >= 0.3 is 0 Å². The number of aldehydes is 1. The Kier molecular flexibility index (Phi) is 7.24. The molecule has 2 aromatic carbocycles. The molecule has 2 bridgehead atoms. The SMILES string of the molecule is CC1=CC[C@H](C=O)[C@H]2[C@H]3O[C@H](C[C@H]([Si](C)(C)c4ccccc4)/C=C\C[C@@H]3OCc3ccccc3)[C@@H]12. The third-order valence-corrected chi connectivity index (χ3v) is 12.9. The zero-order chi connectivity index (χ0) is 24.4. The summed E-state index contributed by atoms with van der Waals surface area (Å²) >= 11 is 0. The van der Waals surface area contributed by atoms with Crippen LogP contribution in [0.15, 0.2) is 84.5 Å². The summed E-state index contributed by atoms with van der Waals surface area (Å²) in [6.45, 7) is 7.78. The summed E-state index contributed by atoms with van der Waals surface area (Å²) in [5.74, 6) is 0.487. The van der Waals surface area contributed by atoms with Crippen LogP contribution >= 0.6 is 0 Å². The van der Waals surface area contributed by atoms with Gasteiger partial charge in [-0.1, -0.05) is 103 Å². The Balaban J connectivity index is 1.49. The van der Waals surface area contributed by atoms with Crippen molar-refractivity contribution in [2.75, 3.05) is 0 Å². The van der Waals surface area contributed by atoms with E-state index < -0.39 is 8.07 Å². The van der Waals surface area contributed by atoms with Crippen LogP contribution in [0.25, 0.3) is 0 Å². The number of carbonyl (C=O) groups excluding carboxylic acids is 1.